The van der Waals surface area contributed by atoms with Crippen molar-refractivity contribution >= 4 is 17.7 Å². The van der Waals surface area contributed by atoms with Crippen LogP contribution in [0.3, 0.4) is 0 Å². The van der Waals surface area contributed by atoms with Gasteiger partial charge < -0.3 is 15.5 Å². The van der Waals surface area contributed by atoms with Crippen LogP contribution in [0, 0.1) is 0 Å². The minimum atomic E-state index is 0.493. The molecule has 0 fully saturated rings. The van der Waals surface area contributed by atoms with Crippen molar-refractivity contribution in [2.45, 2.75) is 23.5 Å². The summed E-state index contributed by atoms with van der Waals surface area (Å²) in [6.07, 6.45) is 1.11. The van der Waals surface area contributed by atoms with E-state index < -0.39 is 0 Å². The van der Waals surface area contributed by atoms with Gasteiger partial charge in [-0.1, -0.05) is 25.1 Å². The lowest BCUT2D eigenvalue weighted by molar-refractivity contribution is 0.399. The number of rotatable bonds is 8. The summed E-state index contributed by atoms with van der Waals surface area (Å²) < 4.78 is 0. The molecule has 0 aliphatic carbocycles. The van der Waals surface area contributed by atoms with E-state index in [1.54, 1.807) is 0 Å². The fourth-order valence-electron chi connectivity index (χ4n) is 1.84. The molecule has 5 heteroatoms. The van der Waals surface area contributed by atoms with Crippen molar-refractivity contribution in [1.29, 1.82) is 0 Å². The van der Waals surface area contributed by atoms with Gasteiger partial charge in [0, 0.05) is 30.3 Å². The van der Waals surface area contributed by atoms with Gasteiger partial charge in [0.1, 0.15) is 0 Å². The molecule has 0 aliphatic rings. The van der Waals surface area contributed by atoms with Crippen molar-refractivity contribution in [3.8, 4) is 0 Å². The normalized spacial score (nSPS) is 13.3. The lowest BCUT2D eigenvalue weighted by Gasteiger charge is -2.16. The van der Waals surface area contributed by atoms with E-state index in [1.165, 1.54) is 4.90 Å². The van der Waals surface area contributed by atoms with Gasteiger partial charge in [-0.3, -0.25) is 4.99 Å². The van der Waals surface area contributed by atoms with Crippen LogP contribution in [0.15, 0.2) is 40.2 Å². The van der Waals surface area contributed by atoms with E-state index in [9.17, 15) is 0 Å². The molecular weight excluding hydrogens is 280 g/mol. The first-order chi connectivity index (χ1) is 10.1. The summed E-state index contributed by atoms with van der Waals surface area (Å²) in [5, 5.41) is 7.22. The minimum Gasteiger partial charge on any atom is -0.356 e. The zero-order valence-electron chi connectivity index (χ0n) is 13.6. The quantitative estimate of drug-likeness (QED) is 0.334. The first-order valence-electron chi connectivity index (χ1n) is 7.42. The Morgan fingerprint density at radius 2 is 1.95 bits per heavy atom. The highest BCUT2D eigenvalue weighted by Gasteiger charge is 2.05. The minimum absolute atomic E-state index is 0.493. The molecule has 0 aromatic heterocycles. The summed E-state index contributed by atoms with van der Waals surface area (Å²) in [6, 6.07) is 10.5. The molecule has 0 bridgehead atoms. The first kappa shape index (κ1) is 17.9. The van der Waals surface area contributed by atoms with Crippen LogP contribution in [0.25, 0.3) is 0 Å². The monoisotopic (exact) mass is 308 g/mol. The molecule has 0 aliphatic heterocycles. The molecule has 0 saturated carbocycles. The third-order valence-electron chi connectivity index (χ3n) is 2.94. The Balaban J connectivity index is 2.22. The van der Waals surface area contributed by atoms with E-state index >= 15 is 0 Å². The molecular formula is C16H28N4S. The number of aliphatic imine (C=N–C) groups is 1. The summed E-state index contributed by atoms with van der Waals surface area (Å²) in [7, 11) is 6.00. The van der Waals surface area contributed by atoms with E-state index in [1.807, 2.05) is 24.9 Å². The van der Waals surface area contributed by atoms with Crippen molar-refractivity contribution in [3.05, 3.63) is 30.3 Å². The summed E-state index contributed by atoms with van der Waals surface area (Å²) in [5.74, 6) is 0.884. The smallest absolute Gasteiger partial charge is 0.191 e. The van der Waals surface area contributed by atoms with E-state index in [0.29, 0.717) is 5.25 Å². The molecule has 0 heterocycles. The Morgan fingerprint density at radius 3 is 2.57 bits per heavy atom. The molecule has 0 spiro atoms. The average molecular weight is 308 g/mol. The molecule has 4 nitrogen and oxygen atoms in total. The standard InChI is InChI=1S/C16H28N4S/c1-14(21-15-9-6-5-7-10-15)13-19-16(17-2)18-11-8-12-20(3)4/h5-7,9-10,14H,8,11-13H2,1-4H3,(H2,17,18,19). The van der Waals surface area contributed by atoms with Crippen molar-refractivity contribution in [1.82, 2.24) is 15.5 Å². The highest BCUT2D eigenvalue weighted by atomic mass is 32.2. The van der Waals surface area contributed by atoms with Gasteiger partial charge in [0.15, 0.2) is 5.96 Å². The Bertz CT molecular complexity index is 406. The van der Waals surface area contributed by atoms with Crippen LogP contribution in [-0.2, 0) is 0 Å². The Morgan fingerprint density at radius 1 is 1.24 bits per heavy atom. The second-order valence-corrected chi connectivity index (χ2v) is 6.79. The van der Waals surface area contributed by atoms with Crippen LogP contribution < -0.4 is 10.6 Å². The second kappa shape index (κ2) is 10.5. The van der Waals surface area contributed by atoms with Crippen LogP contribution in [0.1, 0.15) is 13.3 Å². The second-order valence-electron chi connectivity index (χ2n) is 5.28. The molecule has 1 atom stereocenters. The number of hydrogen-bond acceptors (Lipinski definition) is 3. The lowest BCUT2D eigenvalue weighted by Crippen LogP contribution is -2.40. The maximum absolute atomic E-state index is 4.26. The third-order valence-corrected chi connectivity index (χ3v) is 4.05. The predicted octanol–water partition coefficient (Wildman–Crippen LogP) is 2.28. The van der Waals surface area contributed by atoms with Crippen LogP contribution in [0.2, 0.25) is 0 Å². The summed E-state index contributed by atoms with van der Waals surface area (Å²) in [4.78, 5) is 7.75. The van der Waals surface area contributed by atoms with E-state index in [0.717, 1.165) is 32.0 Å². The highest BCUT2D eigenvalue weighted by molar-refractivity contribution is 8.00. The van der Waals surface area contributed by atoms with Crippen LogP contribution in [0.4, 0.5) is 0 Å². The Kier molecular flexibility index (Phi) is 8.94. The highest BCUT2D eigenvalue weighted by Crippen LogP contribution is 2.21. The number of nitrogens with one attached hydrogen (secondary N) is 2. The molecule has 118 valence electrons. The number of nitrogens with zero attached hydrogens (tertiary/aromatic N) is 2. The molecule has 1 aromatic carbocycles. The lowest BCUT2D eigenvalue weighted by atomic mass is 10.4. The van der Waals surface area contributed by atoms with Gasteiger partial charge in [0.25, 0.3) is 0 Å². The van der Waals surface area contributed by atoms with Crippen molar-refractivity contribution in [3.63, 3.8) is 0 Å². The van der Waals surface area contributed by atoms with Crippen LogP contribution in [0.5, 0.6) is 0 Å². The maximum Gasteiger partial charge on any atom is 0.191 e. The number of guanidine groups is 1. The third kappa shape index (κ3) is 8.63. The zero-order valence-corrected chi connectivity index (χ0v) is 14.4. The van der Waals surface area contributed by atoms with Crippen LogP contribution in [-0.4, -0.2) is 56.9 Å². The molecule has 0 amide bonds. The largest absolute Gasteiger partial charge is 0.356 e. The van der Waals surface area contributed by atoms with Gasteiger partial charge in [-0.15, -0.1) is 11.8 Å². The fourth-order valence-corrected chi connectivity index (χ4v) is 2.78. The van der Waals surface area contributed by atoms with E-state index in [2.05, 4.69) is 65.8 Å². The zero-order chi connectivity index (χ0) is 15.5. The topological polar surface area (TPSA) is 39.7 Å². The molecule has 1 rings (SSSR count). The van der Waals surface area contributed by atoms with Gasteiger partial charge in [-0.2, -0.15) is 0 Å². The fraction of sp³-hybridized carbons (Fsp3) is 0.562. The maximum atomic E-state index is 4.26. The summed E-state index contributed by atoms with van der Waals surface area (Å²) in [5.41, 5.74) is 0. The van der Waals surface area contributed by atoms with Crippen LogP contribution >= 0.6 is 11.8 Å². The molecule has 0 saturated heterocycles. The van der Waals surface area contributed by atoms with Crippen molar-refractivity contribution in [2.75, 3.05) is 40.8 Å². The Hall–Kier alpha value is -1.20. The van der Waals surface area contributed by atoms with Gasteiger partial charge in [0.2, 0.25) is 0 Å². The first-order valence-corrected chi connectivity index (χ1v) is 8.30. The summed E-state index contributed by atoms with van der Waals surface area (Å²) in [6.45, 7) is 5.15. The SMILES string of the molecule is CN=C(NCCCN(C)C)NCC(C)Sc1ccccc1. The van der Waals surface area contributed by atoms with E-state index in [4.69, 9.17) is 0 Å². The molecule has 21 heavy (non-hydrogen) atoms. The molecule has 1 aromatic rings. The number of thioether (sulfide) groups is 1. The van der Waals surface area contributed by atoms with Gasteiger partial charge >= 0.3 is 0 Å². The average Bonchev–Trinajstić information content (AvgIpc) is 2.47. The number of hydrogen-bond donors (Lipinski definition) is 2. The molecule has 1 unspecified atom stereocenters. The summed E-state index contributed by atoms with van der Waals surface area (Å²) >= 11 is 1.88. The van der Waals surface area contributed by atoms with E-state index in [-0.39, 0.29) is 0 Å². The Labute approximate surface area is 133 Å². The van der Waals surface area contributed by atoms with Gasteiger partial charge in [-0.05, 0) is 39.2 Å². The molecule has 0 radical (unpaired) electrons. The van der Waals surface area contributed by atoms with Gasteiger partial charge in [0.05, 0.1) is 0 Å². The van der Waals surface area contributed by atoms with Crippen molar-refractivity contribution in [2.24, 2.45) is 4.99 Å². The van der Waals surface area contributed by atoms with Crippen molar-refractivity contribution < 1.29 is 0 Å². The van der Waals surface area contributed by atoms with Gasteiger partial charge in [-0.25, -0.2) is 0 Å². The molecule has 2 N–H and O–H groups in total. The number of benzene rings is 1. The predicted molar refractivity (Wildman–Crippen MR) is 94.3 cm³/mol.